The fourth-order valence-corrected chi connectivity index (χ4v) is 1.95. The molecule has 0 fully saturated rings. The molecule has 0 aromatic heterocycles. The summed E-state index contributed by atoms with van der Waals surface area (Å²) in [6, 6.07) is 4.82. The largest absolute Gasteiger partial charge is 0.298 e. The third-order valence-corrected chi connectivity index (χ3v) is 3.18. The molecule has 0 unspecified atom stereocenters. The minimum absolute atomic E-state index is 0.164. The number of ketones is 1. The van der Waals surface area contributed by atoms with E-state index in [2.05, 4.69) is 0 Å². The van der Waals surface area contributed by atoms with Gasteiger partial charge in [-0.15, -0.1) is 11.6 Å². The zero-order valence-electron chi connectivity index (χ0n) is 7.46. The van der Waals surface area contributed by atoms with Crippen molar-refractivity contribution in [2.75, 3.05) is 5.88 Å². The van der Waals surface area contributed by atoms with Crippen LogP contribution in [0.1, 0.15) is 26.3 Å². The van der Waals surface area contributed by atoms with E-state index < -0.39 is 0 Å². The molecule has 0 aliphatic rings. The molecule has 76 valence electrons. The molecule has 0 saturated heterocycles. The van der Waals surface area contributed by atoms with E-state index in [-0.39, 0.29) is 11.7 Å². The maximum absolute atomic E-state index is 11.4. The summed E-state index contributed by atoms with van der Waals surface area (Å²) in [7, 11) is 0. The molecule has 0 spiro atoms. The predicted octanol–water partition coefficient (Wildman–Crippen LogP) is 2.40. The molecule has 5 heteroatoms. The molecule has 1 aromatic carbocycles. The van der Waals surface area contributed by atoms with Crippen LogP contribution < -0.4 is 0 Å². The lowest BCUT2D eigenvalue weighted by Gasteiger charge is -2.04. The van der Waals surface area contributed by atoms with E-state index in [1.54, 1.807) is 0 Å². The molecule has 0 atom stereocenters. The van der Waals surface area contributed by atoms with Gasteiger partial charge in [0.15, 0.2) is 5.78 Å². The summed E-state index contributed by atoms with van der Waals surface area (Å²) in [6.07, 6.45) is 0.599. The van der Waals surface area contributed by atoms with Gasteiger partial charge in [0.2, 0.25) is 0 Å². The Morgan fingerprint density at radius 1 is 1.60 bits per heavy atom. The highest BCUT2D eigenvalue weighted by atomic mass is 127. The Kier molecular flexibility index (Phi) is 4.24. The van der Waals surface area contributed by atoms with Crippen LogP contribution in [0.15, 0.2) is 12.1 Å². The van der Waals surface area contributed by atoms with Crippen LogP contribution in [0.5, 0.6) is 0 Å². The molecule has 1 rings (SSSR count). The topological polar surface area (TPSA) is 57.9 Å². The summed E-state index contributed by atoms with van der Waals surface area (Å²) in [4.78, 5) is 22.0. The lowest BCUT2D eigenvalue weighted by Crippen LogP contribution is -2.06. The van der Waals surface area contributed by atoms with E-state index in [4.69, 9.17) is 16.9 Å². The van der Waals surface area contributed by atoms with Gasteiger partial charge in [-0.05, 0) is 34.7 Å². The average Bonchev–Trinajstić information content (AvgIpc) is 2.28. The van der Waals surface area contributed by atoms with E-state index in [1.807, 2.05) is 28.7 Å². The van der Waals surface area contributed by atoms with E-state index in [1.165, 1.54) is 12.1 Å². The minimum Gasteiger partial charge on any atom is -0.298 e. The third kappa shape index (κ3) is 2.55. The Balaban J connectivity index is 3.45. The van der Waals surface area contributed by atoms with Crippen molar-refractivity contribution in [1.82, 2.24) is 0 Å². The van der Waals surface area contributed by atoms with Gasteiger partial charge in [-0.1, -0.05) is 0 Å². The molecule has 0 heterocycles. The van der Waals surface area contributed by atoms with Gasteiger partial charge in [0.25, 0.3) is 0 Å². The fraction of sp³-hybridized carbons (Fsp3) is 0.100. The Labute approximate surface area is 105 Å². The highest BCUT2D eigenvalue weighted by Crippen LogP contribution is 2.19. The summed E-state index contributed by atoms with van der Waals surface area (Å²) in [5, 5.41) is 8.80. The fourth-order valence-electron chi connectivity index (χ4n) is 1.07. The van der Waals surface area contributed by atoms with Crippen LogP contribution in [0.25, 0.3) is 0 Å². The second-order valence-electron chi connectivity index (χ2n) is 2.72. The number of benzene rings is 1. The SMILES string of the molecule is N#Cc1cc(C=O)cc(C(=O)CCl)c1I. The van der Waals surface area contributed by atoms with Gasteiger partial charge in [0.05, 0.1) is 11.4 Å². The van der Waals surface area contributed by atoms with E-state index >= 15 is 0 Å². The van der Waals surface area contributed by atoms with Crippen molar-refractivity contribution < 1.29 is 9.59 Å². The van der Waals surface area contributed by atoms with Crippen molar-refractivity contribution >= 4 is 46.3 Å². The molecule has 1 aromatic rings. The second kappa shape index (κ2) is 5.24. The molecular weight excluding hydrogens is 328 g/mol. The molecule has 15 heavy (non-hydrogen) atoms. The van der Waals surface area contributed by atoms with Gasteiger partial charge in [-0.25, -0.2) is 0 Å². The Morgan fingerprint density at radius 2 is 2.27 bits per heavy atom. The molecular formula is C10H5ClINO2. The summed E-state index contributed by atoms with van der Waals surface area (Å²) in [6.45, 7) is 0. The number of alkyl halides is 1. The van der Waals surface area contributed by atoms with Gasteiger partial charge < -0.3 is 0 Å². The predicted molar refractivity (Wildman–Crippen MR) is 64.3 cm³/mol. The van der Waals surface area contributed by atoms with Crippen LogP contribution in [-0.4, -0.2) is 17.9 Å². The standard InChI is InChI=1S/C10H5ClINO2/c11-3-9(15)8-2-6(5-14)1-7(4-13)10(8)12/h1-2,5H,3H2. The highest BCUT2D eigenvalue weighted by molar-refractivity contribution is 14.1. The van der Waals surface area contributed by atoms with Crippen molar-refractivity contribution in [2.45, 2.75) is 0 Å². The Bertz CT molecular complexity index is 465. The summed E-state index contributed by atoms with van der Waals surface area (Å²) >= 11 is 7.32. The quantitative estimate of drug-likeness (QED) is 0.369. The maximum Gasteiger partial charge on any atom is 0.178 e. The highest BCUT2D eigenvalue weighted by Gasteiger charge is 2.13. The number of carbonyl (C=O) groups excluding carboxylic acids is 2. The molecule has 0 saturated carbocycles. The molecule has 0 radical (unpaired) electrons. The first kappa shape index (κ1) is 12.1. The Hall–Kier alpha value is -0.930. The van der Waals surface area contributed by atoms with Gasteiger partial charge in [-0.3, -0.25) is 9.59 Å². The zero-order chi connectivity index (χ0) is 11.4. The number of hydrogen-bond donors (Lipinski definition) is 0. The molecule has 0 amide bonds. The maximum atomic E-state index is 11.4. The molecule has 3 nitrogen and oxygen atoms in total. The molecule has 0 aliphatic carbocycles. The van der Waals surface area contributed by atoms with E-state index in [0.717, 1.165) is 0 Å². The monoisotopic (exact) mass is 333 g/mol. The van der Waals surface area contributed by atoms with Gasteiger partial charge >= 0.3 is 0 Å². The average molecular weight is 334 g/mol. The number of rotatable bonds is 3. The second-order valence-corrected chi connectivity index (χ2v) is 4.06. The van der Waals surface area contributed by atoms with Crippen molar-refractivity contribution in [2.24, 2.45) is 0 Å². The van der Waals surface area contributed by atoms with Crippen molar-refractivity contribution in [3.05, 3.63) is 32.4 Å². The number of hydrogen-bond acceptors (Lipinski definition) is 3. The van der Waals surface area contributed by atoms with Crippen molar-refractivity contribution in [3.63, 3.8) is 0 Å². The number of nitriles is 1. The molecule has 0 bridgehead atoms. The van der Waals surface area contributed by atoms with Crippen LogP contribution >= 0.6 is 34.2 Å². The van der Waals surface area contributed by atoms with Crippen molar-refractivity contribution in [3.8, 4) is 6.07 Å². The minimum atomic E-state index is -0.290. The molecule has 0 aliphatic heterocycles. The lowest BCUT2D eigenvalue weighted by atomic mass is 10.0. The van der Waals surface area contributed by atoms with Gasteiger partial charge in [0, 0.05) is 14.7 Å². The van der Waals surface area contributed by atoms with Gasteiger partial charge in [-0.2, -0.15) is 5.26 Å². The molecule has 0 N–H and O–H groups in total. The first-order valence-corrected chi connectivity index (χ1v) is 5.53. The first-order chi connectivity index (χ1) is 7.13. The number of nitrogens with zero attached hydrogens (tertiary/aromatic N) is 1. The van der Waals surface area contributed by atoms with Crippen molar-refractivity contribution in [1.29, 1.82) is 5.26 Å². The number of carbonyl (C=O) groups is 2. The van der Waals surface area contributed by atoms with E-state index in [0.29, 0.717) is 26.5 Å². The van der Waals surface area contributed by atoms with Crippen LogP contribution in [0.4, 0.5) is 0 Å². The lowest BCUT2D eigenvalue weighted by molar-refractivity contribution is 0.102. The third-order valence-electron chi connectivity index (χ3n) is 1.77. The number of Topliss-reactive ketones (excluding diaryl/α,β-unsaturated/α-hetero) is 1. The smallest absolute Gasteiger partial charge is 0.178 e. The number of aldehydes is 1. The van der Waals surface area contributed by atoms with Gasteiger partial charge in [0.1, 0.15) is 12.4 Å². The summed E-state index contributed by atoms with van der Waals surface area (Å²) in [5.74, 6) is -0.454. The van der Waals surface area contributed by atoms with Crippen LogP contribution in [0, 0.1) is 14.9 Å². The zero-order valence-corrected chi connectivity index (χ0v) is 10.4. The van der Waals surface area contributed by atoms with E-state index in [9.17, 15) is 9.59 Å². The summed E-state index contributed by atoms with van der Waals surface area (Å²) in [5.41, 5.74) is 0.945. The van der Waals surface area contributed by atoms with Crippen LogP contribution in [0.2, 0.25) is 0 Å². The first-order valence-electron chi connectivity index (χ1n) is 3.92. The number of halogens is 2. The van der Waals surface area contributed by atoms with Crippen LogP contribution in [0.3, 0.4) is 0 Å². The summed E-state index contributed by atoms with van der Waals surface area (Å²) < 4.78 is 0.534. The van der Waals surface area contributed by atoms with Crippen LogP contribution in [-0.2, 0) is 0 Å². The Morgan fingerprint density at radius 3 is 2.73 bits per heavy atom. The normalized spacial score (nSPS) is 9.40.